The first-order valence-electron chi connectivity index (χ1n) is 5.67. The van der Waals surface area contributed by atoms with Crippen LogP contribution in [0.2, 0.25) is 0 Å². The average molecular weight is 234 g/mol. The van der Waals surface area contributed by atoms with Crippen molar-refractivity contribution in [3.63, 3.8) is 0 Å². The van der Waals surface area contributed by atoms with Gasteiger partial charge in [-0.25, -0.2) is 13.1 Å². The van der Waals surface area contributed by atoms with Crippen LogP contribution in [0.1, 0.15) is 26.7 Å². The Hall–Kier alpha value is -0.130. The Balaban J connectivity index is 2.18. The van der Waals surface area contributed by atoms with Crippen molar-refractivity contribution in [3.8, 4) is 0 Å². The Kier molecular flexibility index (Phi) is 5.02. The van der Waals surface area contributed by atoms with Gasteiger partial charge in [-0.15, -0.1) is 0 Å². The summed E-state index contributed by atoms with van der Waals surface area (Å²) in [5, 5.41) is 3.27. The van der Waals surface area contributed by atoms with Crippen molar-refractivity contribution in [2.75, 3.05) is 25.4 Å². The maximum Gasteiger partial charge on any atom is 0.211 e. The normalized spacial score (nSPS) is 22.5. The first-order valence-corrected chi connectivity index (χ1v) is 7.33. The first-order chi connectivity index (χ1) is 6.99. The van der Waals surface area contributed by atoms with Crippen LogP contribution in [-0.2, 0) is 10.0 Å². The first kappa shape index (κ1) is 12.9. The van der Waals surface area contributed by atoms with Gasteiger partial charge < -0.3 is 5.32 Å². The summed E-state index contributed by atoms with van der Waals surface area (Å²) in [6.07, 6.45) is 2.12. The van der Waals surface area contributed by atoms with Gasteiger partial charge in [-0.1, -0.05) is 13.8 Å². The van der Waals surface area contributed by atoms with Crippen LogP contribution in [0.5, 0.6) is 0 Å². The molecule has 1 unspecified atom stereocenters. The molecule has 1 rings (SSSR count). The number of nitrogens with one attached hydrogen (secondary N) is 2. The van der Waals surface area contributed by atoms with Crippen molar-refractivity contribution < 1.29 is 8.42 Å². The van der Waals surface area contributed by atoms with Crippen LogP contribution in [0.25, 0.3) is 0 Å². The summed E-state index contributed by atoms with van der Waals surface area (Å²) >= 11 is 0. The van der Waals surface area contributed by atoms with Gasteiger partial charge in [-0.05, 0) is 37.8 Å². The van der Waals surface area contributed by atoms with E-state index in [-0.39, 0.29) is 11.7 Å². The summed E-state index contributed by atoms with van der Waals surface area (Å²) < 4.78 is 25.6. The molecule has 1 aliphatic heterocycles. The molecule has 0 aliphatic carbocycles. The quantitative estimate of drug-likeness (QED) is 0.706. The molecule has 0 spiro atoms. The molecule has 5 heteroatoms. The highest BCUT2D eigenvalue weighted by molar-refractivity contribution is 7.89. The highest BCUT2D eigenvalue weighted by atomic mass is 32.2. The molecule has 1 saturated heterocycles. The Labute approximate surface area is 92.9 Å². The summed E-state index contributed by atoms with van der Waals surface area (Å²) in [7, 11) is -3.04. The van der Waals surface area contributed by atoms with E-state index in [1.807, 2.05) is 13.8 Å². The number of rotatable bonds is 6. The number of sulfonamides is 1. The summed E-state index contributed by atoms with van der Waals surface area (Å²) in [6.45, 7) is 6.52. The van der Waals surface area contributed by atoms with Crippen LogP contribution in [0.4, 0.5) is 0 Å². The van der Waals surface area contributed by atoms with Crippen LogP contribution >= 0.6 is 0 Å². The molecule has 1 fully saturated rings. The topological polar surface area (TPSA) is 58.2 Å². The second-order valence-corrected chi connectivity index (χ2v) is 6.57. The molecule has 1 heterocycles. The maximum absolute atomic E-state index is 11.5. The minimum Gasteiger partial charge on any atom is -0.316 e. The standard InChI is InChI=1S/C10H22N2O2S/c1-9(2)8-15(13,14)12-6-4-10-3-5-11-7-10/h9-12H,3-8H2,1-2H3. The second kappa shape index (κ2) is 5.82. The van der Waals surface area contributed by atoms with Crippen molar-refractivity contribution in [3.05, 3.63) is 0 Å². The lowest BCUT2D eigenvalue weighted by Gasteiger charge is -2.11. The highest BCUT2D eigenvalue weighted by Crippen LogP contribution is 2.11. The monoisotopic (exact) mass is 234 g/mol. The van der Waals surface area contributed by atoms with Crippen molar-refractivity contribution in [1.82, 2.24) is 10.0 Å². The fourth-order valence-electron chi connectivity index (χ4n) is 1.88. The minimum atomic E-state index is -3.04. The summed E-state index contributed by atoms with van der Waals surface area (Å²) in [4.78, 5) is 0. The molecular weight excluding hydrogens is 212 g/mol. The van der Waals surface area contributed by atoms with Crippen molar-refractivity contribution in [2.45, 2.75) is 26.7 Å². The molecule has 0 saturated carbocycles. The summed E-state index contributed by atoms with van der Waals surface area (Å²) in [6, 6.07) is 0. The maximum atomic E-state index is 11.5. The van der Waals surface area contributed by atoms with Gasteiger partial charge in [-0.2, -0.15) is 0 Å². The number of hydrogen-bond donors (Lipinski definition) is 2. The van der Waals surface area contributed by atoms with E-state index in [9.17, 15) is 8.42 Å². The zero-order chi connectivity index (χ0) is 11.3. The van der Waals surface area contributed by atoms with Gasteiger partial charge >= 0.3 is 0 Å². The predicted octanol–water partition coefficient (Wildman–Crippen LogP) is 0.561. The van der Waals surface area contributed by atoms with E-state index in [1.54, 1.807) is 0 Å². The van der Waals surface area contributed by atoms with Crippen LogP contribution in [0.3, 0.4) is 0 Å². The molecule has 0 amide bonds. The van der Waals surface area contributed by atoms with E-state index < -0.39 is 10.0 Å². The van der Waals surface area contributed by atoms with Gasteiger partial charge in [0, 0.05) is 6.54 Å². The zero-order valence-electron chi connectivity index (χ0n) is 9.62. The van der Waals surface area contributed by atoms with Crippen LogP contribution in [0.15, 0.2) is 0 Å². The molecule has 90 valence electrons. The molecule has 15 heavy (non-hydrogen) atoms. The minimum absolute atomic E-state index is 0.190. The molecule has 4 nitrogen and oxygen atoms in total. The molecule has 0 aromatic carbocycles. The Morgan fingerprint density at radius 2 is 2.20 bits per heavy atom. The lowest BCUT2D eigenvalue weighted by atomic mass is 10.1. The van der Waals surface area contributed by atoms with Crippen LogP contribution in [-0.4, -0.2) is 33.8 Å². The van der Waals surface area contributed by atoms with Crippen molar-refractivity contribution >= 4 is 10.0 Å². The van der Waals surface area contributed by atoms with Gasteiger partial charge in [0.15, 0.2) is 0 Å². The van der Waals surface area contributed by atoms with Gasteiger partial charge in [-0.3, -0.25) is 0 Å². The Bertz CT molecular complexity index is 269. The highest BCUT2D eigenvalue weighted by Gasteiger charge is 2.16. The average Bonchev–Trinajstić information content (AvgIpc) is 2.53. The third kappa shape index (κ3) is 5.49. The third-order valence-electron chi connectivity index (χ3n) is 2.59. The summed E-state index contributed by atoms with van der Waals surface area (Å²) in [5.74, 6) is 1.07. The molecular formula is C10H22N2O2S. The third-order valence-corrected chi connectivity index (χ3v) is 4.34. The molecule has 0 aromatic heterocycles. The second-order valence-electron chi connectivity index (χ2n) is 4.72. The zero-order valence-corrected chi connectivity index (χ0v) is 10.4. The van der Waals surface area contributed by atoms with Gasteiger partial charge in [0.25, 0.3) is 0 Å². The lowest BCUT2D eigenvalue weighted by Crippen LogP contribution is -2.30. The van der Waals surface area contributed by atoms with E-state index in [2.05, 4.69) is 10.0 Å². The fourth-order valence-corrected chi connectivity index (χ4v) is 3.30. The van der Waals surface area contributed by atoms with Gasteiger partial charge in [0.1, 0.15) is 0 Å². The molecule has 0 bridgehead atoms. The predicted molar refractivity (Wildman–Crippen MR) is 62.2 cm³/mol. The van der Waals surface area contributed by atoms with E-state index >= 15 is 0 Å². The van der Waals surface area contributed by atoms with Gasteiger partial charge in [0.2, 0.25) is 10.0 Å². The Morgan fingerprint density at radius 1 is 1.47 bits per heavy atom. The van der Waals surface area contributed by atoms with Crippen molar-refractivity contribution in [2.24, 2.45) is 11.8 Å². The van der Waals surface area contributed by atoms with E-state index in [4.69, 9.17) is 0 Å². The SMILES string of the molecule is CC(C)CS(=O)(=O)NCCC1CCNC1. The molecule has 1 atom stereocenters. The van der Waals surface area contributed by atoms with Crippen molar-refractivity contribution in [1.29, 1.82) is 0 Å². The van der Waals surface area contributed by atoms with Gasteiger partial charge in [0.05, 0.1) is 5.75 Å². The number of hydrogen-bond acceptors (Lipinski definition) is 3. The van der Waals surface area contributed by atoms with E-state index in [0.29, 0.717) is 12.5 Å². The van der Waals surface area contributed by atoms with E-state index in [0.717, 1.165) is 19.5 Å². The smallest absolute Gasteiger partial charge is 0.211 e. The summed E-state index contributed by atoms with van der Waals surface area (Å²) in [5.41, 5.74) is 0. The largest absolute Gasteiger partial charge is 0.316 e. The molecule has 2 N–H and O–H groups in total. The molecule has 0 radical (unpaired) electrons. The lowest BCUT2D eigenvalue weighted by molar-refractivity contribution is 0.516. The Morgan fingerprint density at radius 3 is 2.73 bits per heavy atom. The van der Waals surface area contributed by atoms with E-state index in [1.165, 1.54) is 6.42 Å². The van der Waals surface area contributed by atoms with Crippen LogP contribution in [0, 0.1) is 11.8 Å². The molecule has 1 aliphatic rings. The molecule has 0 aromatic rings. The fraction of sp³-hybridized carbons (Fsp3) is 1.00. The van der Waals surface area contributed by atoms with Crippen LogP contribution < -0.4 is 10.0 Å².